The zero-order chi connectivity index (χ0) is 21.6. The maximum absolute atomic E-state index is 13.5. The van der Waals surface area contributed by atoms with Gasteiger partial charge >= 0.3 is 0 Å². The summed E-state index contributed by atoms with van der Waals surface area (Å²) in [6.07, 6.45) is 1.51. The van der Waals surface area contributed by atoms with E-state index in [1.165, 1.54) is 0 Å². The number of rotatable bonds is 8. The van der Waals surface area contributed by atoms with E-state index in [2.05, 4.69) is 29.8 Å². The van der Waals surface area contributed by atoms with Crippen molar-refractivity contribution in [2.45, 2.75) is 79.4 Å². The quantitative estimate of drug-likeness (QED) is 0.580. The third-order valence-corrected chi connectivity index (χ3v) is 5.64. The highest BCUT2D eigenvalue weighted by molar-refractivity contribution is 5.94. The minimum atomic E-state index is -0.691. The Kier molecular flexibility index (Phi) is 8.92. The van der Waals surface area contributed by atoms with Crippen LogP contribution in [0.25, 0.3) is 0 Å². The Morgan fingerprint density at radius 1 is 1.14 bits per heavy atom. The third-order valence-electron chi connectivity index (χ3n) is 5.64. The summed E-state index contributed by atoms with van der Waals surface area (Å²) in [7, 11) is 1.71. The fraction of sp³-hybridized carbons (Fsp3) is 0.857. The average molecular weight is 397 g/mol. The van der Waals surface area contributed by atoms with Crippen LogP contribution in [0, 0.1) is 17.3 Å². The van der Waals surface area contributed by atoms with E-state index in [9.17, 15) is 14.4 Å². The Bertz CT molecular complexity index is 556. The van der Waals surface area contributed by atoms with E-state index in [0.29, 0.717) is 25.4 Å². The van der Waals surface area contributed by atoms with Gasteiger partial charge in [0.25, 0.3) is 0 Å². The van der Waals surface area contributed by atoms with Gasteiger partial charge in [0, 0.05) is 13.1 Å². The molecule has 0 radical (unpaired) electrons. The van der Waals surface area contributed by atoms with Crippen molar-refractivity contribution in [3.63, 3.8) is 0 Å². The van der Waals surface area contributed by atoms with Gasteiger partial charge in [0.05, 0.1) is 6.04 Å². The van der Waals surface area contributed by atoms with E-state index in [1.807, 2.05) is 27.7 Å². The number of nitrogens with zero attached hydrogens (tertiary/aromatic N) is 1. The SMILES string of the molecule is CCCNC(=O)[C@@H]1C[C@H](C(C)C)CN1C(=O)[C@@H](NC(=O)[C@H](C)NC)C(C)(C)C. The van der Waals surface area contributed by atoms with E-state index in [-0.39, 0.29) is 23.6 Å². The van der Waals surface area contributed by atoms with Crippen molar-refractivity contribution < 1.29 is 14.4 Å². The lowest BCUT2D eigenvalue weighted by Gasteiger charge is -2.36. The Balaban J connectivity index is 3.11. The highest BCUT2D eigenvalue weighted by atomic mass is 16.2. The summed E-state index contributed by atoms with van der Waals surface area (Å²) in [5, 5.41) is 8.74. The van der Waals surface area contributed by atoms with Crippen molar-refractivity contribution in [3.05, 3.63) is 0 Å². The maximum atomic E-state index is 13.5. The van der Waals surface area contributed by atoms with Crippen LogP contribution >= 0.6 is 0 Å². The summed E-state index contributed by atoms with van der Waals surface area (Å²) < 4.78 is 0. The predicted octanol–water partition coefficient (Wildman–Crippen LogP) is 1.52. The number of nitrogens with one attached hydrogen (secondary N) is 3. The van der Waals surface area contributed by atoms with Crippen LogP contribution in [0.4, 0.5) is 0 Å². The van der Waals surface area contributed by atoms with Crippen molar-refractivity contribution in [2.24, 2.45) is 17.3 Å². The van der Waals surface area contributed by atoms with Crippen LogP contribution in [-0.2, 0) is 14.4 Å². The van der Waals surface area contributed by atoms with E-state index in [1.54, 1.807) is 18.9 Å². The average Bonchev–Trinajstić information content (AvgIpc) is 3.07. The van der Waals surface area contributed by atoms with Gasteiger partial charge in [-0.3, -0.25) is 14.4 Å². The Morgan fingerprint density at radius 2 is 1.75 bits per heavy atom. The molecule has 4 atom stereocenters. The maximum Gasteiger partial charge on any atom is 0.246 e. The molecule has 0 saturated carbocycles. The molecule has 28 heavy (non-hydrogen) atoms. The van der Waals surface area contributed by atoms with Crippen LogP contribution < -0.4 is 16.0 Å². The first kappa shape index (κ1) is 24.4. The summed E-state index contributed by atoms with van der Waals surface area (Å²) in [5.41, 5.74) is -0.472. The minimum Gasteiger partial charge on any atom is -0.354 e. The molecule has 0 bridgehead atoms. The van der Waals surface area contributed by atoms with E-state index >= 15 is 0 Å². The normalized spacial score (nSPS) is 22.1. The highest BCUT2D eigenvalue weighted by Crippen LogP contribution is 2.32. The molecule has 0 aromatic carbocycles. The summed E-state index contributed by atoms with van der Waals surface area (Å²) >= 11 is 0. The van der Waals surface area contributed by atoms with Gasteiger partial charge in [0.1, 0.15) is 12.1 Å². The van der Waals surface area contributed by atoms with E-state index < -0.39 is 23.5 Å². The number of likely N-dealkylation sites (N-methyl/N-ethyl adjacent to an activating group) is 1. The number of carbonyl (C=O) groups excluding carboxylic acids is 3. The van der Waals surface area contributed by atoms with Gasteiger partial charge in [-0.15, -0.1) is 0 Å². The number of amides is 3. The van der Waals surface area contributed by atoms with Gasteiger partial charge in [-0.05, 0) is 44.1 Å². The molecule has 7 nitrogen and oxygen atoms in total. The number of likely N-dealkylation sites (tertiary alicyclic amines) is 1. The highest BCUT2D eigenvalue weighted by Gasteiger charge is 2.45. The molecule has 0 spiro atoms. The molecule has 1 fully saturated rings. The standard InChI is InChI=1S/C21H40N4O3/c1-9-10-23-19(27)16-11-15(13(2)3)12-25(16)20(28)17(21(5,6)7)24-18(26)14(4)22-8/h13-17,22H,9-12H2,1-8H3,(H,23,27)(H,24,26)/t14-,15-,16-,17+/m0/s1. The van der Waals surface area contributed by atoms with Gasteiger partial charge in [-0.2, -0.15) is 0 Å². The monoisotopic (exact) mass is 396 g/mol. The molecular weight excluding hydrogens is 356 g/mol. The molecule has 0 unspecified atom stereocenters. The first-order valence-corrected chi connectivity index (χ1v) is 10.5. The van der Waals surface area contributed by atoms with Gasteiger partial charge in [0.2, 0.25) is 17.7 Å². The number of hydrogen-bond acceptors (Lipinski definition) is 4. The molecule has 162 valence electrons. The van der Waals surface area contributed by atoms with Gasteiger partial charge < -0.3 is 20.9 Å². The molecule has 1 saturated heterocycles. The Labute approximate surface area is 170 Å². The molecule has 1 heterocycles. The van der Waals surface area contributed by atoms with Crippen molar-refractivity contribution in [3.8, 4) is 0 Å². The molecule has 7 heteroatoms. The number of hydrogen-bond donors (Lipinski definition) is 3. The molecule has 1 aliphatic heterocycles. The van der Waals surface area contributed by atoms with Crippen molar-refractivity contribution in [2.75, 3.05) is 20.1 Å². The lowest BCUT2D eigenvalue weighted by molar-refractivity contribution is -0.144. The second-order valence-electron chi connectivity index (χ2n) is 9.36. The molecule has 0 aromatic heterocycles. The second-order valence-corrected chi connectivity index (χ2v) is 9.36. The zero-order valence-electron chi connectivity index (χ0n) is 18.9. The Morgan fingerprint density at radius 3 is 2.21 bits per heavy atom. The molecule has 1 rings (SSSR count). The van der Waals surface area contributed by atoms with Crippen LogP contribution in [0.1, 0.15) is 61.3 Å². The fourth-order valence-corrected chi connectivity index (χ4v) is 3.42. The van der Waals surface area contributed by atoms with Gasteiger partial charge in [-0.1, -0.05) is 41.5 Å². The molecule has 3 amide bonds. The Hall–Kier alpha value is -1.63. The molecular formula is C21H40N4O3. The molecule has 0 aromatic rings. The van der Waals surface area contributed by atoms with Gasteiger partial charge in [0.15, 0.2) is 0 Å². The molecule has 3 N–H and O–H groups in total. The summed E-state index contributed by atoms with van der Waals surface area (Å²) in [5.74, 6) is 0.160. The second kappa shape index (κ2) is 10.2. The third kappa shape index (κ3) is 6.19. The lowest BCUT2D eigenvalue weighted by atomic mass is 9.85. The van der Waals surface area contributed by atoms with Crippen LogP contribution in [0.2, 0.25) is 0 Å². The lowest BCUT2D eigenvalue weighted by Crippen LogP contribution is -2.59. The smallest absolute Gasteiger partial charge is 0.246 e. The largest absolute Gasteiger partial charge is 0.354 e. The minimum absolute atomic E-state index is 0.0964. The van der Waals surface area contributed by atoms with E-state index in [4.69, 9.17) is 0 Å². The van der Waals surface area contributed by atoms with Crippen LogP contribution in [-0.4, -0.2) is 60.9 Å². The molecule has 1 aliphatic rings. The van der Waals surface area contributed by atoms with Crippen LogP contribution in [0.15, 0.2) is 0 Å². The van der Waals surface area contributed by atoms with Crippen molar-refractivity contribution >= 4 is 17.7 Å². The molecule has 0 aliphatic carbocycles. The fourth-order valence-electron chi connectivity index (χ4n) is 3.42. The van der Waals surface area contributed by atoms with Gasteiger partial charge in [-0.25, -0.2) is 0 Å². The first-order valence-electron chi connectivity index (χ1n) is 10.5. The topological polar surface area (TPSA) is 90.5 Å². The number of carbonyl (C=O) groups is 3. The van der Waals surface area contributed by atoms with Crippen molar-refractivity contribution in [1.82, 2.24) is 20.9 Å². The summed E-state index contributed by atoms with van der Waals surface area (Å²) in [6.45, 7) is 14.9. The predicted molar refractivity (Wildman–Crippen MR) is 112 cm³/mol. The summed E-state index contributed by atoms with van der Waals surface area (Å²) in [6, 6.07) is -1.57. The zero-order valence-corrected chi connectivity index (χ0v) is 18.9. The van der Waals surface area contributed by atoms with Crippen molar-refractivity contribution in [1.29, 1.82) is 0 Å². The van der Waals surface area contributed by atoms with E-state index in [0.717, 1.165) is 6.42 Å². The first-order chi connectivity index (χ1) is 12.9. The van der Waals surface area contributed by atoms with Crippen LogP contribution in [0.5, 0.6) is 0 Å². The van der Waals surface area contributed by atoms with Crippen LogP contribution in [0.3, 0.4) is 0 Å². The summed E-state index contributed by atoms with van der Waals surface area (Å²) in [4.78, 5) is 40.4.